The summed E-state index contributed by atoms with van der Waals surface area (Å²) >= 11 is 1.49. The number of ether oxygens (including phenoxy) is 1. The first-order chi connectivity index (χ1) is 7.13. The quantitative estimate of drug-likeness (QED) is 0.614. The molecule has 0 spiro atoms. The summed E-state index contributed by atoms with van der Waals surface area (Å²) in [4.78, 5) is 15.0. The number of methoxy groups -OCH3 is 1. The smallest absolute Gasteiger partial charge is 0.335 e. The number of pyridine rings is 1. The molecule has 1 N–H and O–H groups in total. The molecule has 1 heterocycles. The van der Waals surface area contributed by atoms with Crippen LogP contribution in [0.25, 0.3) is 0 Å². The topological polar surface area (TPSA) is 59.4 Å². The van der Waals surface area contributed by atoms with E-state index < -0.39 is 5.97 Å². The molecule has 0 unspecified atom stereocenters. The maximum absolute atomic E-state index is 10.8. The van der Waals surface area contributed by atoms with Gasteiger partial charge in [0.05, 0.1) is 17.2 Å². The monoisotopic (exact) mass is 227 g/mol. The molecule has 0 radical (unpaired) electrons. The van der Waals surface area contributed by atoms with Crippen LogP contribution in [0, 0.1) is 6.92 Å². The zero-order chi connectivity index (χ0) is 11.3. The zero-order valence-corrected chi connectivity index (χ0v) is 9.50. The van der Waals surface area contributed by atoms with Gasteiger partial charge in [0.25, 0.3) is 0 Å². The highest BCUT2D eigenvalue weighted by Gasteiger charge is 2.06. The first-order valence-electron chi connectivity index (χ1n) is 4.47. The van der Waals surface area contributed by atoms with Crippen LogP contribution >= 0.6 is 11.8 Å². The number of nitrogens with zero attached hydrogens (tertiary/aromatic N) is 1. The van der Waals surface area contributed by atoms with Crippen molar-refractivity contribution in [2.45, 2.75) is 11.9 Å². The molecule has 4 nitrogen and oxygen atoms in total. The molecule has 1 aromatic rings. The Morgan fingerprint density at radius 1 is 1.60 bits per heavy atom. The van der Waals surface area contributed by atoms with E-state index in [2.05, 4.69) is 4.98 Å². The maximum atomic E-state index is 10.8. The number of rotatable bonds is 5. The highest BCUT2D eigenvalue weighted by atomic mass is 32.2. The normalized spacial score (nSPS) is 10.3. The van der Waals surface area contributed by atoms with E-state index in [9.17, 15) is 4.79 Å². The summed E-state index contributed by atoms with van der Waals surface area (Å²) < 4.78 is 4.91. The van der Waals surface area contributed by atoms with Crippen molar-refractivity contribution in [2.24, 2.45) is 0 Å². The zero-order valence-electron chi connectivity index (χ0n) is 8.69. The Morgan fingerprint density at radius 3 is 2.93 bits per heavy atom. The third-order valence-corrected chi connectivity index (χ3v) is 2.59. The van der Waals surface area contributed by atoms with E-state index in [4.69, 9.17) is 9.84 Å². The van der Waals surface area contributed by atoms with Crippen molar-refractivity contribution in [2.75, 3.05) is 19.5 Å². The van der Waals surface area contributed by atoms with Gasteiger partial charge in [-0.15, -0.1) is 11.8 Å². The summed E-state index contributed by atoms with van der Waals surface area (Å²) in [6, 6.07) is 3.14. The average molecular weight is 227 g/mol. The van der Waals surface area contributed by atoms with Gasteiger partial charge in [0, 0.05) is 18.6 Å². The van der Waals surface area contributed by atoms with E-state index in [1.54, 1.807) is 26.2 Å². The number of hydrogen-bond donors (Lipinski definition) is 1. The molecule has 0 aromatic carbocycles. The van der Waals surface area contributed by atoms with Gasteiger partial charge >= 0.3 is 5.97 Å². The summed E-state index contributed by atoms with van der Waals surface area (Å²) in [6.45, 7) is 2.41. The van der Waals surface area contributed by atoms with Crippen LogP contribution in [0.1, 0.15) is 16.1 Å². The fourth-order valence-electron chi connectivity index (χ4n) is 1.07. The molecule has 1 rings (SSSR count). The lowest BCUT2D eigenvalue weighted by Gasteiger charge is -2.03. The number of aromatic nitrogens is 1. The van der Waals surface area contributed by atoms with E-state index in [0.29, 0.717) is 6.61 Å². The Hall–Kier alpha value is -1.07. The Kier molecular flexibility index (Phi) is 4.58. The molecule has 0 saturated heterocycles. The number of carboxylic acids is 1. The van der Waals surface area contributed by atoms with Crippen molar-refractivity contribution in [1.29, 1.82) is 0 Å². The van der Waals surface area contributed by atoms with Crippen molar-refractivity contribution in [3.05, 3.63) is 23.4 Å². The van der Waals surface area contributed by atoms with Crippen molar-refractivity contribution >= 4 is 17.7 Å². The van der Waals surface area contributed by atoms with Gasteiger partial charge in [-0.3, -0.25) is 0 Å². The molecule has 0 fully saturated rings. The number of carboxylic acid groups (broad SMARTS) is 1. The lowest BCUT2D eigenvalue weighted by atomic mass is 10.2. The fraction of sp³-hybridized carbons (Fsp3) is 0.400. The summed E-state index contributed by atoms with van der Waals surface area (Å²) in [7, 11) is 1.63. The van der Waals surface area contributed by atoms with Crippen molar-refractivity contribution in [1.82, 2.24) is 4.98 Å². The number of aryl methyl sites for hydroxylation is 1. The van der Waals surface area contributed by atoms with E-state index in [1.807, 2.05) is 0 Å². The molecule has 82 valence electrons. The Balaban J connectivity index is 2.75. The minimum Gasteiger partial charge on any atom is -0.478 e. The first kappa shape index (κ1) is 12.0. The standard InChI is InChI=1S/C10H13NO3S/c1-7-5-8(10(12)13)6-9(11-7)15-4-3-14-2/h5-6H,3-4H2,1-2H3,(H,12,13). The molecule has 5 heteroatoms. The third-order valence-electron chi connectivity index (χ3n) is 1.71. The van der Waals surface area contributed by atoms with Crippen LogP contribution in [0.15, 0.2) is 17.2 Å². The summed E-state index contributed by atoms with van der Waals surface area (Å²) in [5.74, 6) is -0.152. The summed E-state index contributed by atoms with van der Waals surface area (Å²) in [5, 5.41) is 9.57. The third kappa shape index (κ3) is 3.89. The van der Waals surface area contributed by atoms with Gasteiger partial charge in [-0.2, -0.15) is 0 Å². The molecule has 0 aliphatic heterocycles. The molecule has 1 aromatic heterocycles. The van der Waals surface area contributed by atoms with Crippen molar-refractivity contribution in [3.63, 3.8) is 0 Å². The molecule has 0 amide bonds. The lowest BCUT2D eigenvalue weighted by Crippen LogP contribution is -2.00. The van der Waals surface area contributed by atoms with Crippen LogP contribution in [0.4, 0.5) is 0 Å². The number of thioether (sulfide) groups is 1. The SMILES string of the molecule is COCCSc1cc(C(=O)O)cc(C)n1. The van der Waals surface area contributed by atoms with Gasteiger partial charge in [-0.05, 0) is 19.1 Å². The maximum Gasteiger partial charge on any atom is 0.335 e. The Bertz CT molecular complexity index is 355. The summed E-state index contributed by atoms with van der Waals surface area (Å²) in [6.07, 6.45) is 0. The van der Waals surface area contributed by atoms with E-state index in [1.165, 1.54) is 11.8 Å². The second kappa shape index (κ2) is 5.72. The van der Waals surface area contributed by atoms with Crippen molar-refractivity contribution < 1.29 is 14.6 Å². The minimum atomic E-state index is -0.922. The number of hydrogen-bond acceptors (Lipinski definition) is 4. The fourth-order valence-corrected chi connectivity index (χ4v) is 1.94. The van der Waals surface area contributed by atoms with Gasteiger partial charge in [0.1, 0.15) is 0 Å². The van der Waals surface area contributed by atoms with Gasteiger partial charge in [0.2, 0.25) is 0 Å². The molecule has 0 aliphatic carbocycles. The minimum absolute atomic E-state index is 0.280. The molecule has 15 heavy (non-hydrogen) atoms. The molecular formula is C10H13NO3S. The van der Waals surface area contributed by atoms with Crippen LogP contribution in [-0.4, -0.2) is 35.5 Å². The van der Waals surface area contributed by atoms with Crippen LogP contribution in [0.3, 0.4) is 0 Å². The number of aromatic carboxylic acids is 1. The van der Waals surface area contributed by atoms with E-state index in [-0.39, 0.29) is 5.56 Å². The van der Waals surface area contributed by atoms with E-state index in [0.717, 1.165) is 16.5 Å². The second-order valence-electron chi connectivity index (χ2n) is 2.98. The Morgan fingerprint density at radius 2 is 2.33 bits per heavy atom. The first-order valence-corrected chi connectivity index (χ1v) is 5.45. The molecule has 0 saturated carbocycles. The lowest BCUT2D eigenvalue weighted by molar-refractivity contribution is 0.0696. The molecule has 0 aliphatic rings. The van der Waals surface area contributed by atoms with Crippen LogP contribution < -0.4 is 0 Å². The van der Waals surface area contributed by atoms with E-state index >= 15 is 0 Å². The van der Waals surface area contributed by atoms with Gasteiger partial charge in [-0.1, -0.05) is 0 Å². The predicted octanol–water partition coefficient (Wildman–Crippen LogP) is 1.83. The summed E-state index contributed by atoms with van der Waals surface area (Å²) in [5.41, 5.74) is 0.997. The van der Waals surface area contributed by atoms with Gasteiger partial charge < -0.3 is 9.84 Å². The highest BCUT2D eigenvalue weighted by molar-refractivity contribution is 7.99. The van der Waals surface area contributed by atoms with Crippen LogP contribution in [0.5, 0.6) is 0 Å². The molecule has 0 bridgehead atoms. The molecular weight excluding hydrogens is 214 g/mol. The largest absolute Gasteiger partial charge is 0.478 e. The highest BCUT2D eigenvalue weighted by Crippen LogP contribution is 2.17. The Labute approximate surface area is 92.7 Å². The van der Waals surface area contributed by atoms with Gasteiger partial charge in [-0.25, -0.2) is 9.78 Å². The van der Waals surface area contributed by atoms with Crippen molar-refractivity contribution in [3.8, 4) is 0 Å². The van der Waals surface area contributed by atoms with Crippen LogP contribution in [-0.2, 0) is 4.74 Å². The van der Waals surface area contributed by atoms with Crippen LogP contribution in [0.2, 0.25) is 0 Å². The average Bonchev–Trinajstić information content (AvgIpc) is 2.17. The predicted molar refractivity (Wildman–Crippen MR) is 58.5 cm³/mol. The number of carbonyl (C=O) groups is 1. The second-order valence-corrected chi connectivity index (χ2v) is 4.10. The van der Waals surface area contributed by atoms with Gasteiger partial charge in [0.15, 0.2) is 0 Å². The molecule has 0 atom stereocenters.